The molecule has 0 saturated carbocycles. The summed E-state index contributed by atoms with van der Waals surface area (Å²) < 4.78 is 35.4. The smallest absolute Gasteiger partial charge is 0.218 e. The number of methoxy groups -OCH3 is 1. The Morgan fingerprint density at radius 3 is 2.56 bits per heavy atom. The van der Waals surface area contributed by atoms with Crippen molar-refractivity contribution in [1.29, 1.82) is 0 Å². The van der Waals surface area contributed by atoms with Crippen molar-refractivity contribution in [1.82, 2.24) is 9.46 Å². The molecule has 0 saturated heterocycles. The Balaban J connectivity index is 2.70. The summed E-state index contributed by atoms with van der Waals surface area (Å²) in [5.41, 5.74) is 1.27. The highest BCUT2D eigenvalue weighted by molar-refractivity contribution is 7.88. The van der Waals surface area contributed by atoms with Gasteiger partial charge in [0, 0.05) is 32.9 Å². The number of aryl methyl sites for hydroxylation is 2. The van der Waals surface area contributed by atoms with Gasteiger partial charge in [-0.25, -0.2) is 12.7 Å². The first kappa shape index (κ1) is 15.1. The molecule has 1 rings (SSSR count). The zero-order valence-corrected chi connectivity index (χ0v) is 12.1. The van der Waals surface area contributed by atoms with Crippen LogP contribution in [0.2, 0.25) is 0 Å². The zero-order chi connectivity index (χ0) is 13.8. The molecule has 0 aromatic carbocycles. The summed E-state index contributed by atoms with van der Waals surface area (Å²) in [5.74, 6) is 0.485. The molecule has 104 valence electrons. The first-order chi connectivity index (χ1) is 8.38. The van der Waals surface area contributed by atoms with E-state index in [2.05, 4.69) is 5.16 Å². The van der Waals surface area contributed by atoms with Gasteiger partial charge in [0.05, 0.1) is 11.4 Å². The van der Waals surface area contributed by atoms with Crippen molar-refractivity contribution in [2.24, 2.45) is 0 Å². The van der Waals surface area contributed by atoms with Gasteiger partial charge in [0.2, 0.25) is 10.0 Å². The normalized spacial score (nSPS) is 12.3. The lowest BCUT2D eigenvalue weighted by Gasteiger charge is -2.16. The largest absolute Gasteiger partial charge is 0.385 e. The van der Waals surface area contributed by atoms with Gasteiger partial charge in [0.25, 0.3) is 0 Å². The Bertz CT molecular complexity index is 462. The fourth-order valence-corrected chi connectivity index (χ4v) is 2.98. The highest BCUT2D eigenvalue weighted by Crippen LogP contribution is 2.17. The van der Waals surface area contributed by atoms with Crippen LogP contribution in [0.1, 0.15) is 23.4 Å². The van der Waals surface area contributed by atoms with Gasteiger partial charge in [-0.15, -0.1) is 0 Å². The zero-order valence-electron chi connectivity index (χ0n) is 11.3. The third-order valence-corrected chi connectivity index (χ3v) is 4.59. The maximum absolute atomic E-state index is 12.1. The SMILES string of the molecule is COCCCN(C)S(=O)(=O)Cc1c(C)noc1C. The molecule has 6 nitrogen and oxygen atoms in total. The summed E-state index contributed by atoms with van der Waals surface area (Å²) in [6.07, 6.45) is 0.674. The topological polar surface area (TPSA) is 72.6 Å². The molecule has 0 bridgehead atoms. The number of sulfonamides is 1. The Kier molecular flexibility index (Phi) is 5.30. The summed E-state index contributed by atoms with van der Waals surface area (Å²) >= 11 is 0. The van der Waals surface area contributed by atoms with E-state index in [1.165, 1.54) is 4.31 Å². The van der Waals surface area contributed by atoms with Crippen molar-refractivity contribution in [3.05, 3.63) is 17.0 Å². The van der Waals surface area contributed by atoms with Crippen LogP contribution in [0.25, 0.3) is 0 Å². The molecule has 1 aromatic heterocycles. The molecule has 0 aliphatic rings. The standard InChI is InChI=1S/C11H20N2O4S/c1-9-11(10(2)17-12-9)8-18(14,15)13(3)6-5-7-16-4/h5-8H2,1-4H3. The Hall–Kier alpha value is -0.920. The van der Waals surface area contributed by atoms with Crippen LogP contribution in [0, 0.1) is 13.8 Å². The molecule has 1 aromatic rings. The Labute approximate surface area is 108 Å². The van der Waals surface area contributed by atoms with E-state index < -0.39 is 10.0 Å². The second-order valence-electron chi connectivity index (χ2n) is 4.23. The maximum atomic E-state index is 12.1. The van der Waals surface area contributed by atoms with Gasteiger partial charge in [-0.3, -0.25) is 0 Å². The second-order valence-corrected chi connectivity index (χ2v) is 6.30. The third kappa shape index (κ3) is 3.79. The lowest BCUT2D eigenvalue weighted by Crippen LogP contribution is -2.30. The van der Waals surface area contributed by atoms with Gasteiger partial charge in [0.15, 0.2) is 0 Å². The molecule has 0 N–H and O–H groups in total. The number of hydrogen-bond acceptors (Lipinski definition) is 5. The van der Waals surface area contributed by atoms with E-state index in [1.54, 1.807) is 28.0 Å². The highest BCUT2D eigenvalue weighted by atomic mass is 32.2. The lowest BCUT2D eigenvalue weighted by atomic mass is 10.2. The van der Waals surface area contributed by atoms with Gasteiger partial charge >= 0.3 is 0 Å². The minimum atomic E-state index is -3.33. The summed E-state index contributed by atoms with van der Waals surface area (Å²) in [5, 5.41) is 3.76. The minimum Gasteiger partial charge on any atom is -0.385 e. The molecule has 7 heteroatoms. The van der Waals surface area contributed by atoms with Crippen molar-refractivity contribution in [2.45, 2.75) is 26.0 Å². The predicted octanol–water partition coefficient (Wildman–Crippen LogP) is 1.09. The molecule has 0 spiro atoms. The van der Waals surface area contributed by atoms with Crippen molar-refractivity contribution < 1.29 is 17.7 Å². The van der Waals surface area contributed by atoms with E-state index in [-0.39, 0.29) is 5.75 Å². The van der Waals surface area contributed by atoms with Gasteiger partial charge in [-0.05, 0) is 20.3 Å². The van der Waals surface area contributed by atoms with E-state index in [0.29, 0.717) is 36.6 Å². The molecule has 0 aliphatic heterocycles. The maximum Gasteiger partial charge on any atom is 0.218 e. The van der Waals surface area contributed by atoms with Crippen molar-refractivity contribution in [3.8, 4) is 0 Å². The van der Waals surface area contributed by atoms with Gasteiger partial charge in [0.1, 0.15) is 5.76 Å². The van der Waals surface area contributed by atoms with Crippen LogP contribution in [0.3, 0.4) is 0 Å². The molecule has 0 unspecified atom stereocenters. The van der Waals surface area contributed by atoms with Crippen LogP contribution in [0.4, 0.5) is 0 Å². The van der Waals surface area contributed by atoms with Crippen molar-refractivity contribution in [2.75, 3.05) is 27.3 Å². The Morgan fingerprint density at radius 2 is 2.06 bits per heavy atom. The number of hydrogen-bond donors (Lipinski definition) is 0. The molecular formula is C11H20N2O4S. The van der Waals surface area contributed by atoms with Crippen LogP contribution >= 0.6 is 0 Å². The molecule has 0 fully saturated rings. The van der Waals surface area contributed by atoms with Crippen LogP contribution in [0.15, 0.2) is 4.52 Å². The monoisotopic (exact) mass is 276 g/mol. The van der Waals surface area contributed by atoms with Crippen molar-refractivity contribution >= 4 is 10.0 Å². The van der Waals surface area contributed by atoms with Crippen LogP contribution in [-0.2, 0) is 20.5 Å². The fraction of sp³-hybridized carbons (Fsp3) is 0.727. The van der Waals surface area contributed by atoms with Gasteiger partial charge in [-0.1, -0.05) is 5.16 Å². The predicted molar refractivity (Wildman–Crippen MR) is 67.7 cm³/mol. The van der Waals surface area contributed by atoms with Crippen LogP contribution < -0.4 is 0 Å². The summed E-state index contributed by atoms with van der Waals surface area (Å²) in [4.78, 5) is 0. The molecule has 0 aliphatic carbocycles. The second kappa shape index (κ2) is 6.31. The number of rotatable bonds is 7. The van der Waals surface area contributed by atoms with E-state index >= 15 is 0 Å². The van der Waals surface area contributed by atoms with E-state index in [1.807, 2.05) is 0 Å². The molecule has 18 heavy (non-hydrogen) atoms. The van der Waals surface area contributed by atoms with Crippen LogP contribution in [0.5, 0.6) is 0 Å². The first-order valence-electron chi connectivity index (χ1n) is 5.73. The molecular weight excluding hydrogens is 256 g/mol. The van der Waals surface area contributed by atoms with E-state index in [4.69, 9.17) is 9.26 Å². The third-order valence-electron chi connectivity index (χ3n) is 2.80. The fourth-order valence-electron chi connectivity index (χ4n) is 1.57. The highest BCUT2D eigenvalue weighted by Gasteiger charge is 2.22. The number of aromatic nitrogens is 1. The van der Waals surface area contributed by atoms with Crippen molar-refractivity contribution in [3.63, 3.8) is 0 Å². The molecule has 0 atom stereocenters. The Morgan fingerprint density at radius 1 is 1.39 bits per heavy atom. The van der Waals surface area contributed by atoms with Crippen LogP contribution in [-0.4, -0.2) is 45.2 Å². The molecule has 1 heterocycles. The summed E-state index contributed by atoms with van der Waals surface area (Å²) in [6.45, 7) is 4.45. The molecule has 0 radical (unpaired) electrons. The summed E-state index contributed by atoms with van der Waals surface area (Å²) in [7, 11) is -0.163. The van der Waals surface area contributed by atoms with E-state index in [0.717, 1.165) is 0 Å². The van der Waals surface area contributed by atoms with Gasteiger partial charge < -0.3 is 9.26 Å². The average Bonchev–Trinajstić information content (AvgIpc) is 2.60. The molecule has 0 amide bonds. The quantitative estimate of drug-likeness (QED) is 0.697. The van der Waals surface area contributed by atoms with E-state index in [9.17, 15) is 8.42 Å². The summed E-state index contributed by atoms with van der Waals surface area (Å²) in [6, 6.07) is 0. The lowest BCUT2D eigenvalue weighted by molar-refractivity contribution is 0.189. The number of ether oxygens (including phenoxy) is 1. The first-order valence-corrected chi connectivity index (χ1v) is 7.34. The minimum absolute atomic E-state index is 0.0718. The number of nitrogens with zero attached hydrogens (tertiary/aromatic N) is 2. The average molecular weight is 276 g/mol. The van der Waals surface area contributed by atoms with Gasteiger partial charge in [-0.2, -0.15) is 0 Å².